The van der Waals surface area contributed by atoms with Crippen LogP contribution >= 0.6 is 23.2 Å². The highest BCUT2D eigenvalue weighted by Gasteiger charge is 2.18. The Morgan fingerprint density at radius 1 is 1.19 bits per heavy atom. The van der Waals surface area contributed by atoms with Gasteiger partial charge in [0.05, 0.1) is 15.6 Å². The van der Waals surface area contributed by atoms with Crippen LogP contribution < -0.4 is 11.1 Å². The third-order valence-electron chi connectivity index (χ3n) is 4.29. The number of rotatable bonds is 8. The predicted octanol–water partition coefficient (Wildman–Crippen LogP) is 4.04. The molecule has 2 amide bonds. The SMILES string of the molecule is CC(CCc1cccc(O)c1)c1cc(Cl)c(C(=O)NCCC(N)=O)c(Cl)c1. The molecule has 0 bridgehead atoms. The van der Waals surface area contributed by atoms with E-state index in [9.17, 15) is 14.7 Å². The summed E-state index contributed by atoms with van der Waals surface area (Å²) in [5.74, 6) is -0.527. The molecule has 0 aliphatic heterocycles. The van der Waals surface area contributed by atoms with E-state index in [0.717, 1.165) is 24.0 Å². The van der Waals surface area contributed by atoms with Gasteiger partial charge in [-0.1, -0.05) is 42.3 Å². The van der Waals surface area contributed by atoms with Crippen LogP contribution in [0.3, 0.4) is 0 Å². The molecule has 7 heteroatoms. The van der Waals surface area contributed by atoms with E-state index in [1.807, 2.05) is 12.1 Å². The van der Waals surface area contributed by atoms with Crippen LogP contribution in [0.2, 0.25) is 10.0 Å². The summed E-state index contributed by atoms with van der Waals surface area (Å²) in [6, 6.07) is 10.6. The molecule has 0 heterocycles. The lowest BCUT2D eigenvalue weighted by atomic mass is 9.93. The van der Waals surface area contributed by atoms with Gasteiger partial charge in [0.25, 0.3) is 5.91 Å². The number of aromatic hydroxyl groups is 1. The normalized spacial score (nSPS) is 11.8. The fourth-order valence-corrected chi connectivity index (χ4v) is 3.42. The van der Waals surface area contributed by atoms with E-state index in [2.05, 4.69) is 12.2 Å². The summed E-state index contributed by atoms with van der Waals surface area (Å²) in [4.78, 5) is 23.0. The Morgan fingerprint density at radius 2 is 1.85 bits per heavy atom. The van der Waals surface area contributed by atoms with Crippen molar-refractivity contribution in [3.63, 3.8) is 0 Å². The maximum absolute atomic E-state index is 12.2. The van der Waals surface area contributed by atoms with Gasteiger partial charge in [0.15, 0.2) is 0 Å². The quantitative estimate of drug-likeness (QED) is 0.615. The Labute approximate surface area is 168 Å². The summed E-state index contributed by atoms with van der Waals surface area (Å²) in [6.45, 7) is 2.18. The lowest BCUT2D eigenvalue weighted by molar-refractivity contribution is -0.117. The lowest BCUT2D eigenvalue weighted by Crippen LogP contribution is -2.28. The number of hydrogen-bond acceptors (Lipinski definition) is 3. The number of carbonyl (C=O) groups excluding carboxylic acids is 2. The molecule has 0 aliphatic carbocycles. The number of halogens is 2. The van der Waals surface area contributed by atoms with Gasteiger partial charge >= 0.3 is 0 Å². The average molecular weight is 409 g/mol. The van der Waals surface area contributed by atoms with Crippen LogP contribution in [0, 0.1) is 0 Å². The number of benzene rings is 2. The van der Waals surface area contributed by atoms with Gasteiger partial charge in [0.1, 0.15) is 5.75 Å². The zero-order chi connectivity index (χ0) is 20.0. The van der Waals surface area contributed by atoms with E-state index < -0.39 is 11.8 Å². The number of nitrogens with one attached hydrogen (secondary N) is 1. The van der Waals surface area contributed by atoms with Crippen LogP contribution in [-0.4, -0.2) is 23.5 Å². The van der Waals surface area contributed by atoms with Gasteiger partial charge < -0.3 is 16.2 Å². The minimum absolute atomic E-state index is 0.0468. The topological polar surface area (TPSA) is 92.4 Å². The first-order chi connectivity index (χ1) is 12.8. The second-order valence-corrected chi connectivity index (χ2v) is 7.26. The molecular weight excluding hydrogens is 387 g/mol. The fraction of sp³-hybridized carbons (Fsp3) is 0.300. The van der Waals surface area contributed by atoms with Gasteiger partial charge in [0.2, 0.25) is 5.91 Å². The second-order valence-electron chi connectivity index (χ2n) is 6.44. The standard InChI is InChI=1S/C20H22Cl2N2O3/c1-12(5-6-13-3-2-4-15(25)9-13)14-10-16(21)19(17(22)11-14)20(27)24-8-7-18(23)26/h2-4,9-12,25H,5-8H2,1H3,(H2,23,26)(H,24,27). The van der Waals surface area contributed by atoms with Crippen LogP contribution in [0.5, 0.6) is 5.75 Å². The van der Waals surface area contributed by atoms with Crippen molar-refractivity contribution in [3.05, 3.63) is 63.1 Å². The number of carbonyl (C=O) groups is 2. The zero-order valence-electron chi connectivity index (χ0n) is 15.0. The minimum Gasteiger partial charge on any atom is -0.508 e. The monoisotopic (exact) mass is 408 g/mol. The van der Waals surface area contributed by atoms with Crippen LogP contribution in [-0.2, 0) is 11.2 Å². The first kappa shape index (κ1) is 21.1. The van der Waals surface area contributed by atoms with Crippen molar-refractivity contribution in [3.8, 4) is 5.75 Å². The number of hydrogen-bond donors (Lipinski definition) is 3. The van der Waals surface area contributed by atoms with E-state index in [1.54, 1.807) is 24.3 Å². The average Bonchev–Trinajstić information content (AvgIpc) is 2.58. The molecule has 2 aromatic carbocycles. The number of phenolic OH excluding ortho intramolecular Hbond substituents is 1. The third-order valence-corrected chi connectivity index (χ3v) is 4.89. The highest BCUT2D eigenvalue weighted by Crippen LogP contribution is 2.32. The summed E-state index contributed by atoms with van der Waals surface area (Å²) in [7, 11) is 0. The molecule has 1 atom stereocenters. The number of phenols is 1. The first-order valence-electron chi connectivity index (χ1n) is 8.61. The molecule has 0 saturated carbocycles. The second kappa shape index (κ2) is 9.62. The summed E-state index contributed by atoms with van der Waals surface area (Å²) in [5, 5.41) is 12.6. The van der Waals surface area contributed by atoms with Crippen LogP contribution in [0.25, 0.3) is 0 Å². The molecule has 2 aromatic rings. The van der Waals surface area contributed by atoms with E-state index >= 15 is 0 Å². The molecule has 1 unspecified atom stereocenters. The maximum atomic E-state index is 12.2. The van der Waals surface area contributed by atoms with Gasteiger partial charge in [-0.3, -0.25) is 9.59 Å². The highest BCUT2D eigenvalue weighted by atomic mass is 35.5. The van der Waals surface area contributed by atoms with Crippen LogP contribution in [0.4, 0.5) is 0 Å². The van der Waals surface area contributed by atoms with Gasteiger partial charge in [-0.15, -0.1) is 0 Å². The minimum atomic E-state index is -0.497. The van der Waals surface area contributed by atoms with Gasteiger partial charge in [-0.2, -0.15) is 0 Å². The number of nitrogens with two attached hydrogens (primary N) is 1. The molecular formula is C20H22Cl2N2O3. The highest BCUT2D eigenvalue weighted by molar-refractivity contribution is 6.39. The van der Waals surface area contributed by atoms with Crippen LogP contribution in [0.1, 0.15) is 47.2 Å². The molecule has 0 aliphatic rings. The predicted molar refractivity (Wildman–Crippen MR) is 107 cm³/mol. The molecule has 4 N–H and O–H groups in total. The molecule has 0 spiro atoms. The van der Waals surface area contributed by atoms with Gasteiger partial charge in [-0.05, 0) is 54.2 Å². The van der Waals surface area contributed by atoms with Gasteiger partial charge in [-0.25, -0.2) is 0 Å². The first-order valence-corrected chi connectivity index (χ1v) is 9.37. The fourth-order valence-electron chi connectivity index (χ4n) is 2.74. The van der Waals surface area contributed by atoms with E-state index in [4.69, 9.17) is 28.9 Å². The summed E-state index contributed by atoms with van der Waals surface area (Å²) >= 11 is 12.6. The van der Waals surface area contributed by atoms with Crippen molar-refractivity contribution >= 4 is 35.0 Å². The third kappa shape index (κ3) is 6.15. The van der Waals surface area contributed by atoms with E-state index in [0.29, 0.717) is 0 Å². The zero-order valence-corrected chi connectivity index (χ0v) is 16.5. The van der Waals surface area contributed by atoms with Crippen molar-refractivity contribution in [2.45, 2.75) is 32.1 Å². The Morgan fingerprint density at radius 3 is 2.44 bits per heavy atom. The molecule has 0 radical (unpaired) electrons. The summed E-state index contributed by atoms with van der Waals surface area (Å²) in [6.07, 6.45) is 1.67. The smallest absolute Gasteiger partial charge is 0.254 e. The molecule has 2 rings (SSSR count). The largest absolute Gasteiger partial charge is 0.508 e. The summed E-state index contributed by atoms with van der Waals surface area (Å²) in [5.41, 5.74) is 7.21. The Bertz CT molecular complexity index is 817. The summed E-state index contributed by atoms with van der Waals surface area (Å²) < 4.78 is 0. The number of aryl methyl sites for hydroxylation is 1. The molecule has 144 valence electrons. The van der Waals surface area contributed by atoms with Crippen LogP contribution in [0.15, 0.2) is 36.4 Å². The van der Waals surface area contributed by atoms with Crippen molar-refractivity contribution < 1.29 is 14.7 Å². The Kier molecular flexibility index (Phi) is 7.51. The number of amides is 2. The molecule has 0 aromatic heterocycles. The number of primary amides is 1. The molecule has 0 saturated heterocycles. The Balaban J connectivity index is 2.05. The van der Waals surface area contributed by atoms with Crippen molar-refractivity contribution in [1.29, 1.82) is 0 Å². The molecule has 5 nitrogen and oxygen atoms in total. The van der Waals surface area contributed by atoms with Crippen molar-refractivity contribution in [2.24, 2.45) is 5.73 Å². The van der Waals surface area contributed by atoms with E-state index in [-0.39, 0.29) is 40.2 Å². The lowest BCUT2D eigenvalue weighted by Gasteiger charge is -2.15. The Hall–Kier alpha value is -2.24. The van der Waals surface area contributed by atoms with Crippen molar-refractivity contribution in [1.82, 2.24) is 5.32 Å². The van der Waals surface area contributed by atoms with Gasteiger partial charge in [0, 0.05) is 13.0 Å². The molecule has 0 fully saturated rings. The van der Waals surface area contributed by atoms with E-state index in [1.165, 1.54) is 0 Å². The molecule has 27 heavy (non-hydrogen) atoms. The van der Waals surface area contributed by atoms with Crippen molar-refractivity contribution in [2.75, 3.05) is 6.54 Å². The maximum Gasteiger partial charge on any atom is 0.254 e.